The largest absolute Gasteiger partial charge is 0.493 e. The zero-order valence-corrected chi connectivity index (χ0v) is 15.5. The van der Waals surface area contributed by atoms with Crippen LogP contribution in [0.5, 0.6) is 11.5 Å². The Bertz CT molecular complexity index is 831. The second-order valence-electron chi connectivity index (χ2n) is 5.95. The lowest BCUT2D eigenvalue weighted by Gasteiger charge is -2.23. The van der Waals surface area contributed by atoms with Gasteiger partial charge in [0.1, 0.15) is 11.6 Å². The van der Waals surface area contributed by atoms with Crippen molar-refractivity contribution in [2.24, 2.45) is 0 Å². The summed E-state index contributed by atoms with van der Waals surface area (Å²) in [5.41, 5.74) is 1.38. The van der Waals surface area contributed by atoms with E-state index in [1.54, 1.807) is 38.3 Å². The number of nitrogens with zero attached hydrogens (tertiary/aromatic N) is 2. The van der Waals surface area contributed by atoms with Crippen LogP contribution in [0, 0.1) is 11.3 Å². The minimum atomic E-state index is -0.579. The van der Waals surface area contributed by atoms with Crippen LogP contribution in [0.4, 0.5) is 0 Å². The Hall–Kier alpha value is -3.07. The monoisotopic (exact) mass is 354 g/mol. The van der Waals surface area contributed by atoms with Gasteiger partial charge in [-0.25, -0.2) is 0 Å². The first kappa shape index (κ1) is 19.3. The third-order valence-electron chi connectivity index (χ3n) is 4.20. The predicted octanol–water partition coefficient (Wildman–Crippen LogP) is 3.10. The fourth-order valence-electron chi connectivity index (χ4n) is 2.58. The first-order valence-corrected chi connectivity index (χ1v) is 8.40. The van der Waals surface area contributed by atoms with Gasteiger partial charge in [0.2, 0.25) is 0 Å². The lowest BCUT2D eigenvalue weighted by atomic mass is 9.94. The van der Waals surface area contributed by atoms with Crippen LogP contribution in [0.1, 0.15) is 32.3 Å². The molecule has 0 saturated heterocycles. The van der Waals surface area contributed by atoms with Gasteiger partial charge in [0.05, 0.1) is 13.7 Å². The molecule has 6 nitrogen and oxygen atoms in total. The molecule has 1 aliphatic heterocycles. The number of imide groups is 1. The predicted molar refractivity (Wildman–Crippen MR) is 97.5 cm³/mol. The molecule has 0 atom stereocenters. The van der Waals surface area contributed by atoms with E-state index in [-0.39, 0.29) is 5.57 Å². The van der Waals surface area contributed by atoms with E-state index in [2.05, 4.69) is 6.92 Å². The van der Waals surface area contributed by atoms with E-state index < -0.39 is 11.8 Å². The molecule has 2 amide bonds. The lowest BCUT2D eigenvalue weighted by Crippen LogP contribution is -2.39. The van der Waals surface area contributed by atoms with Gasteiger partial charge in [-0.05, 0) is 42.7 Å². The smallest absolute Gasteiger partial charge is 0.271 e. The van der Waals surface area contributed by atoms with Crippen molar-refractivity contribution in [1.29, 1.82) is 5.26 Å². The van der Waals surface area contributed by atoms with Gasteiger partial charge in [-0.1, -0.05) is 19.4 Å². The summed E-state index contributed by atoms with van der Waals surface area (Å²) in [5.74, 6) is 0.179. The number of carbonyl (C=O) groups is 2. The topological polar surface area (TPSA) is 79.6 Å². The molecule has 1 heterocycles. The summed E-state index contributed by atoms with van der Waals surface area (Å²) in [7, 11) is 2.92. The molecule has 6 heteroatoms. The fourth-order valence-corrected chi connectivity index (χ4v) is 2.58. The fraction of sp³-hybridized carbons (Fsp3) is 0.350. The van der Waals surface area contributed by atoms with E-state index in [1.807, 2.05) is 6.07 Å². The number of unbranched alkanes of at least 4 members (excludes halogenated alkanes) is 1. The van der Waals surface area contributed by atoms with Crippen molar-refractivity contribution < 1.29 is 19.1 Å². The van der Waals surface area contributed by atoms with Crippen LogP contribution >= 0.6 is 0 Å². The highest BCUT2D eigenvalue weighted by atomic mass is 16.5. The Balaban J connectivity index is 2.42. The van der Waals surface area contributed by atoms with Gasteiger partial charge in [-0.2, -0.15) is 5.26 Å². The zero-order valence-electron chi connectivity index (χ0n) is 15.5. The van der Waals surface area contributed by atoms with E-state index in [1.165, 1.54) is 7.05 Å². The van der Waals surface area contributed by atoms with Gasteiger partial charge in [-0.3, -0.25) is 14.5 Å². The van der Waals surface area contributed by atoms with Crippen molar-refractivity contribution in [3.8, 4) is 17.6 Å². The molecule has 1 aliphatic rings. The molecule has 0 aliphatic carbocycles. The number of ether oxygens (including phenoxy) is 2. The van der Waals surface area contributed by atoms with Crippen molar-refractivity contribution >= 4 is 17.9 Å². The molecule has 1 aromatic rings. The van der Waals surface area contributed by atoms with Gasteiger partial charge < -0.3 is 9.47 Å². The van der Waals surface area contributed by atoms with Crippen LogP contribution in [-0.4, -0.2) is 37.5 Å². The van der Waals surface area contributed by atoms with Crippen molar-refractivity contribution in [3.05, 3.63) is 40.5 Å². The van der Waals surface area contributed by atoms with E-state index in [4.69, 9.17) is 9.47 Å². The summed E-state index contributed by atoms with van der Waals surface area (Å²) in [5, 5.41) is 9.21. The van der Waals surface area contributed by atoms with Gasteiger partial charge in [0.25, 0.3) is 11.8 Å². The van der Waals surface area contributed by atoms with E-state index in [9.17, 15) is 14.9 Å². The maximum absolute atomic E-state index is 12.4. The zero-order chi connectivity index (χ0) is 19.3. The molecule has 0 N–H and O–H groups in total. The van der Waals surface area contributed by atoms with Crippen LogP contribution in [0.3, 0.4) is 0 Å². The maximum Gasteiger partial charge on any atom is 0.271 e. The quantitative estimate of drug-likeness (QED) is 0.445. The third-order valence-corrected chi connectivity index (χ3v) is 4.20. The first-order valence-electron chi connectivity index (χ1n) is 8.40. The maximum atomic E-state index is 12.4. The number of hydrogen-bond acceptors (Lipinski definition) is 5. The Morgan fingerprint density at radius 1 is 1.23 bits per heavy atom. The van der Waals surface area contributed by atoms with Crippen molar-refractivity contribution in [1.82, 2.24) is 4.90 Å². The van der Waals surface area contributed by atoms with E-state index in [0.29, 0.717) is 34.8 Å². The highest BCUT2D eigenvalue weighted by Crippen LogP contribution is 2.31. The highest BCUT2D eigenvalue weighted by molar-refractivity contribution is 6.19. The standard InChI is InChI=1S/C20H22N2O4/c1-5-6-9-26-17-8-7-14(11-18(17)25-4)10-15-13(2)16(12-21)20(24)22(3)19(15)23/h7-8,10-11H,5-6,9H2,1-4H3/b15-10+. The molecule has 2 rings (SSSR count). The first-order chi connectivity index (χ1) is 12.4. The summed E-state index contributed by atoms with van der Waals surface area (Å²) in [6, 6.07) is 7.23. The molecular formula is C20H22N2O4. The molecule has 0 saturated carbocycles. The second-order valence-corrected chi connectivity index (χ2v) is 5.95. The van der Waals surface area contributed by atoms with Gasteiger partial charge in [0, 0.05) is 12.6 Å². The molecule has 26 heavy (non-hydrogen) atoms. The molecule has 136 valence electrons. The molecule has 0 aromatic heterocycles. The SMILES string of the molecule is CCCCOc1ccc(/C=C2/C(=O)N(C)C(=O)C(C#N)=C2C)cc1OC. The minimum absolute atomic E-state index is 0.0233. The average molecular weight is 354 g/mol. The van der Waals surface area contributed by atoms with Gasteiger partial charge in [-0.15, -0.1) is 0 Å². The number of amides is 2. The molecule has 0 spiro atoms. The van der Waals surface area contributed by atoms with Crippen LogP contribution < -0.4 is 9.47 Å². The van der Waals surface area contributed by atoms with E-state index in [0.717, 1.165) is 17.7 Å². The summed E-state index contributed by atoms with van der Waals surface area (Å²) in [6.07, 6.45) is 3.63. The van der Waals surface area contributed by atoms with Crippen molar-refractivity contribution in [3.63, 3.8) is 0 Å². The summed E-state index contributed by atoms with van der Waals surface area (Å²) >= 11 is 0. The number of nitriles is 1. The third kappa shape index (κ3) is 3.77. The number of benzene rings is 1. The molecular weight excluding hydrogens is 332 g/mol. The molecule has 0 unspecified atom stereocenters. The number of methoxy groups -OCH3 is 1. The van der Waals surface area contributed by atoms with Crippen molar-refractivity contribution in [2.45, 2.75) is 26.7 Å². The van der Waals surface area contributed by atoms with E-state index >= 15 is 0 Å². The summed E-state index contributed by atoms with van der Waals surface area (Å²) in [4.78, 5) is 25.4. The van der Waals surface area contributed by atoms with Crippen LogP contribution in [0.25, 0.3) is 6.08 Å². The Morgan fingerprint density at radius 2 is 1.96 bits per heavy atom. The van der Waals surface area contributed by atoms with Crippen molar-refractivity contribution in [2.75, 3.05) is 20.8 Å². The van der Waals surface area contributed by atoms with Gasteiger partial charge >= 0.3 is 0 Å². The summed E-state index contributed by atoms with van der Waals surface area (Å²) < 4.78 is 11.1. The number of likely N-dealkylation sites (N-methyl/N-ethyl adjacent to an activating group) is 1. The second kappa shape index (κ2) is 8.34. The molecule has 0 fully saturated rings. The number of carbonyl (C=O) groups excluding carboxylic acids is 2. The van der Waals surface area contributed by atoms with Crippen LogP contribution in [0.2, 0.25) is 0 Å². The average Bonchev–Trinajstić information content (AvgIpc) is 2.65. The Kier molecular flexibility index (Phi) is 6.18. The molecule has 1 aromatic carbocycles. The molecule has 0 bridgehead atoms. The summed E-state index contributed by atoms with van der Waals surface area (Å²) in [6.45, 7) is 4.29. The number of hydrogen-bond donors (Lipinski definition) is 0. The van der Waals surface area contributed by atoms with Gasteiger partial charge in [0.15, 0.2) is 11.5 Å². The van der Waals surface area contributed by atoms with Crippen LogP contribution in [0.15, 0.2) is 34.9 Å². The highest BCUT2D eigenvalue weighted by Gasteiger charge is 2.32. The Labute approximate surface area is 153 Å². The molecule has 0 radical (unpaired) electrons. The minimum Gasteiger partial charge on any atom is -0.493 e. The normalized spacial score (nSPS) is 16.1. The Morgan fingerprint density at radius 3 is 2.58 bits per heavy atom. The number of rotatable bonds is 6. The van der Waals surface area contributed by atoms with Crippen LogP contribution in [-0.2, 0) is 9.59 Å². The lowest BCUT2D eigenvalue weighted by molar-refractivity contribution is -0.138.